The molecule has 0 radical (unpaired) electrons. The number of amides is 1. The Bertz CT molecular complexity index is 306. The second kappa shape index (κ2) is 6.19. The van der Waals surface area contributed by atoms with Crippen molar-refractivity contribution in [1.29, 1.82) is 0 Å². The summed E-state index contributed by atoms with van der Waals surface area (Å²) in [6.07, 6.45) is 2.07. The molecule has 0 saturated carbocycles. The first-order valence-electron chi connectivity index (χ1n) is 5.26. The van der Waals surface area contributed by atoms with Crippen molar-refractivity contribution in [1.82, 2.24) is 0 Å². The average molecular weight is 207 g/mol. The number of benzene rings is 1. The normalized spacial score (nSPS) is 10.0. The highest BCUT2D eigenvalue weighted by Crippen LogP contribution is 2.10. The molecule has 2 N–H and O–H groups in total. The quantitative estimate of drug-likeness (QED) is 0.775. The van der Waals surface area contributed by atoms with Gasteiger partial charge in [-0.15, -0.1) is 0 Å². The van der Waals surface area contributed by atoms with E-state index in [0.717, 1.165) is 17.7 Å². The van der Waals surface area contributed by atoms with Gasteiger partial charge in [0.05, 0.1) is 0 Å². The Morgan fingerprint density at radius 1 is 1.33 bits per heavy atom. The minimum atomic E-state index is 0.0485. The lowest BCUT2D eigenvalue weighted by molar-refractivity contribution is -0.116. The van der Waals surface area contributed by atoms with Crippen LogP contribution in [0.25, 0.3) is 0 Å². The summed E-state index contributed by atoms with van der Waals surface area (Å²) in [7, 11) is 0. The van der Waals surface area contributed by atoms with Gasteiger partial charge in [0.2, 0.25) is 5.91 Å². The number of hydrogen-bond donors (Lipinski definition) is 2. The highest BCUT2D eigenvalue weighted by Gasteiger charge is 2.00. The first-order valence-corrected chi connectivity index (χ1v) is 5.26. The van der Waals surface area contributed by atoms with Gasteiger partial charge in [-0.05, 0) is 30.5 Å². The molecule has 0 saturated heterocycles. The first-order chi connectivity index (χ1) is 7.26. The van der Waals surface area contributed by atoms with E-state index in [9.17, 15) is 4.79 Å². The van der Waals surface area contributed by atoms with Gasteiger partial charge in [0.25, 0.3) is 0 Å². The van der Waals surface area contributed by atoms with Gasteiger partial charge >= 0.3 is 0 Å². The molecule has 0 aliphatic rings. The number of carbonyl (C=O) groups is 1. The van der Waals surface area contributed by atoms with E-state index in [2.05, 4.69) is 5.32 Å². The molecule has 1 amide bonds. The van der Waals surface area contributed by atoms with Crippen molar-refractivity contribution in [3.63, 3.8) is 0 Å². The van der Waals surface area contributed by atoms with Gasteiger partial charge in [0.1, 0.15) is 0 Å². The molecule has 1 aromatic rings. The maximum absolute atomic E-state index is 11.3. The van der Waals surface area contributed by atoms with Crippen LogP contribution >= 0.6 is 0 Å². The molecular formula is C12H17NO2. The summed E-state index contributed by atoms with van der Waals surface area (Å²) in [4.78, 5) is 11.3. The highest BCUT2D eigenvalue weighted by atomic mass is 16.2. The van der Waals surface area contributed by atoms with Crippen LogP contribution in [0.4, 0.5) is 5.69 Å². The van der Waals surface area contributed by atoms with E-state index in [1.165, 1.54) is 0 Å². The Kier molecular flexibility index (Phi) is 4.84. The Morgan fingerprint density at radius 2 is 2.00 bits per heavy atom. The number of aliphatic hydroxyl groups excluding tert-OH is 1. The SMILES string of the molecule is CCCC(=O)Nc1ccc(CCO)cc1. The fraction of sp³-hybridized carbons (Fsp3) is 0.417. The minimum Gasteiger partial charge on any atom is -0.396 e. The van der Waals surface area contributed by atoms with Gasteiger partial charge in [-0.2, -0.15) is 0 Å². The van der Waals surface area contributed by atoms with Crippen molar-refractivity contribution >= 4 is 11.6 Å². The topological polar surface area (TPSA) is 49.3 Å². The zero-order valence-corrected chi connectivity index (χ0v) is 8.99. The van der Waals surface area contributed by atoms with Crippen molar-refractivity contribution in [3.8, 4) is 0 Å². The lowest BCUT2D eigenvalue weighted by Gasteiger charge is -2.05. The third-order valence-electron chi connectivity index (χ3n) is 2.12. The second-order valence-electron chi connectivity index (χ2n) is 3.47. The zero-order valence-electron chi connectivity index (χ0n) is 8.99. The molecule has 0 atom stereocenters. The molecule has 3 nitrogen and oxygen atoms in total. The molecule has 0 heterocycles. The summed E-state index contributed by atoms with van der Waals surface area (Å²) in [5, 5.41) is 11.5. The zero-order chi connectivity index (χ0) is 11.1. The smallest absolute Gasteiger partial charge is 0.224 e. The highest BCUT2D eigenvalue weighted by molar-refractivity contribution is 5.90. The van der Waals surface area contributed by atoms with Crippen LogP contribution in [0.15, 0.2) is 24.3 Å². The van der Waals surface area contributed by atoms with Crippen LogP contribution in [0.5, 0.6) is 0 Å². The molecule has 1 aromatic carbocycles. The fourth-order valence-electron chi connectivity index (χ4n) is 1.33. The average Bonchev–Trinajstić information content (AvgIpc) is 2.22. The van der Waals surface area contributed by atoms with Crippen molar-refractivity contribution < 1.29 is 9.90 Å². The van der Waals surface area contributed by atoms with Crippen LogP contribution in [0.1, 0.15) is 25.3 Å². The van der Waals surface area contributed by atoms with E-state index in [0.29, 0.717) is 12.8 Å². The maximum Gasteiger partial charge on any atom is 0.224 e. The van der Waals surface area contributed by atoms with Gasteiger partial charge in [-0.1, -0.05) is 19.1 Å². The summed E-state index contributed by atoms with van der Waals surface area (Å²) in [6, 6.07) is 7.55. The van der Waals surface area contributed by atoms with E-state index in [1.807, 2.05) is 31.2 Å². The van der Waals surface area contributed by atoms with Gasteiger partial charge in [-0.3, -0.25) is 4.79 Å². The maximum atomic E-state index is 11.3. The van der Waals surface area contributed by atoms with Gasteiger partial charge < -0.3 is 10.4 Å². The summed E-state index contributed by atoms with van der Waals surface area (Å²) in [5.74, 6) is 0.0485. The summed E-state index contributed by atoms with van der Waals surface area (Å²) in [5.41, 5.74) is 1.89. The number of anilines is 1. The van der Waals surface area contributed by atoms with E-state index < -0.39 is 0 Å². The molecule has 0 fully saturated rings. The van der Waals surface area contributed by atoms with Crippen LogP contribution < -0.4 is 5.32 Å². The lowest BCUT2D eigenvalue weighted by Crippen LogP contribution is -2.10. The molecule has 3 heteroatoms. The Hall–Kier alpha value is -1.35. The monoisotopic (exact) mass is 207 g/mol. The van der Waals surface area contributed by atoms with E-state index in [-0.39, 0.29) is 12.5 Å². The van der Waals surface area contributed by atoms with Crippen LogP contribution in [0.3, 0.4) is 0 Å². The molecule has 1 rings (SSSR count). The molecule has 0 spiro atoms. The molecule has 0 bridgehead atoms. The third-order valence-corrected chi connectivity index (χ3v) is 2.12. The standard InChI is InChI=1S/C12H17NO2/c1-2-3-12(15)13-11-6-4-10(5-7-11)8-9-14/h4-7,14H,2-3,8-9H2,1H3,(H,13,15). The minimum absolute atomic E-state index is 0.0485. The number of rotatable bonds is 5. The van der Waals surface area contributed by atoms with Gasteiger partial charge in [0, 0.05) is 18.7 Å². The van der Waals surface area contributed by atoms with Crippen molar-refractivity contribution in [2.24, 2.45) is 0 Å². The lowest BCUT2D eigenvalue weighted by atomic mass is 10.1. The van der Waals surface area contributed by atoms with Crippen LogP contribution in [-0.2, 0) is 11.2 Å². The van der Waals surface area contributed by atoms with Gasteiger partial charge in [-0.25, -0.2) is 0 Å². The fourth-order valence-corrected chi connectivity index (χ4v) is 1.33. The summed E-state index contributed by atoms with van der Waals surface area (Å²) < 4.78 is 0. The Balaban J connectivity index is 2.52. The summed E-state index contributed by atoms with van der Waals surface area (Å²) >= 11 is 0. The van der Waals surface area contributed by atoms with E-state index >= 15 is 0 Å². The van der Waals surface area contributed by atoms with Crippen molar-refractivity contribution in [2.75, 3.05) is 11.9 Å². The third kappa shape index (κ3) is 4.13. The Morgan fingerprint density at radius 3 is 2.53 bits per heavy atom. The van der Waals surface area contributed by atoms with E-state index in [4.69, 9.17) is 5.11 Å². The Labute approximate surface area is 90.1 Å². The van der Waals surface area contributed by atoms with Gasteiger partial charge in [0.15, 0.2) is 0 Å². The molecule has 0 aromatic heterocycles. The molecular weight excluding hydrogens is 190 g/mol. The van der Waals surface area contributed by atoms with Crippen LogP contribution in [0.2, 0.25) is 0 Å². The van der Waals surface area contributed by atoms with Crippen LogP contribution in [0, 0.1) is 0 Å². The predicted octanol–water partition coefficient (Wildman–Crippen LogP) is 1.96. The number of nitrogens with one attached hydrogen (secondary N) is 1. The predicted molar refractivity (Wildman–Crippen MR) is 60.8 cm³/mol. The number of aliphatic hydroxyl groups is 1. The molecule has 0 unspecified atom stereocenters. The first kappa shape index (κ1) is 11.7. The van der Waals surface area contributed by atoms with Crippen LogP contribution in [-0.4, -0.2) is 17.6 Å². The molecule has 15 heavy (non-hydrogen) atoms. The summed E-state index contributed by atoms with van der Waals surface area (Å²) in [6.45, 7) is 2.13. The second-order valence-corrected chi connectivity index (χ2v) is 3.47. The molecule has 82 valence electrons. The van der Waals surface area contributed by atoms with E-state index in [1.54, 1.807) is 0 Å². The number of carbonyl (C=O) groups excluding carboxylic acids is 1. The molecule has 0 aliphatic heterocycles. The number of hydrogen-bond acceptors (Lipinski definition) is 2. The molecule has 0 aliphatic carbocycles. The van der Waals surface area contributed by atoms with Crippen molar-refractivity contribution in [2.45, 2.75) is 26.2 Å². The largest absolute Gasteiger partial charge is 0.396 e. The van der Waals surface area contributed by atoms with Crippen molar-refractivity contribution in [3.05, 3.63) is 29.8 Å².